The largest absolute Gasteiger partial charge is 0.490 e. The molecule has 1 rings (SSSR count). The fourth-order valence-corrected chi connectivity index (χ4v) is 3.11. The second-order valence-corrected chi connectivity index (χ2v) is 6.95. The van der Waals surface area contributed by atoms with Crippen LogP contribution in [0.25, 0.3) is 0 Å². The topological polar surface area (TPSA) is 173 Å². The van der Waals surface area contributed by atoms with Crippen LogP contribution < -0.4 is 10.5 Å². The predicted molar refractivity (Wildman–Crippen MR) is 80.4 cm³/mol. The fourth-order valence-electron chi connectivity index (χ4n) is 1.72. The summed E-state index contributed by atoms with van der Waals surface area (Å²) in [6, 6.07) is 1.85. The second kappa shape index (κ2) is 7.42. The number of hydrogen-bond acceptors (Lipinski definition) is 8. The van der Waals surface area contributed by atoms with Crippen molar-refractivity contribution in [1.82, 2.24) is 0 Å². The van der Waals surface area contributed by atoms with E-state index in [2.05, 4.69) is 0 Å². The van der Waals surface area contributed by atoms with Gasteiger partial charge in [-0.1, -0.05) is 0 Å². The highest BCUT2D eigenvalue weighted by atomic mass is 31.2. The minimum Gasteiger partial charge on any atom is -0.490 e. The van der Waals surface area contributed by atoms with Gasteiger partial charge in [0.2, 0.25) is 0 Å². The number of nitrogens with zero attached hydrogens (tertiary/aromatic N) is 1. The van der Waals surface area contributed by atoms with Gasteiger partial charge in [-0.2, -0.15) is 0 Å². The third kappa shape index (κ3) is 4.67. The molecule has 11 heteroatoms. The Kier molecular flexibility index (Phi) is 6.11. The number of ether oxygens (including phenoxy) is 1. The molecule has 0 aliphatic heterocycles. The third-order valence-corrected chi connectivity index (χ3v) is 4.81. The van der Waals surface area contributed by atoms with Crippen LogP contribution in [0, 0.1) is 10.1 Å². The van der Waals surface area contributed by atoms with Crippen LogP contribution in [-0.4, -0.2) is 50.6 Å². The summed E-state index contributed by atoms with van der Waals surface area (Å²) in [4.78, 5) is 52.6. The first-order chi connectivity index (χ1) is 10.6. The summed E-state index contributed by atoms with van der Waals surface area (Å²) < 4.78 is 4.78. The summed E-state index contributed by atoms with van der Waals surface area (Å²) in [7, 11) is -2.95. The number of nitrogens with two attached hydrogens (primary N) is 1. The van der Waals surface area contributed by atoms with Crippen LogP contribution in [-0.2, 0) is 4.79 Å². The van der Waals surface area contributed by atoms with Crippen molar-refractivity contribution < 1.29 is 34.1 Å². The molecule has 0 saturated carbocycles. The number of hydrogen-bond donors (Lipinski definition) is 4. The van der Waals surface area contributed by atoms with Crippen molar-refractivity contribution in [2.75, 3.05) is 13.3 Å². The molecule has 1 aromatic rings. The highest BCUT2D eigenvalue weighted by molar-refractivity contribution is 7.81. The SMILES string of the molecule is COc1ccc(C(=O)[P+](O)(O)CC[C@H](N)C(=O)O)cc1[N+](=O)[O-]. The Balaban J connectivity index is 3.01. The highest BCUT2D eigenvalue weighted by Crippen LogP contribution is 2.54. The molecule has 0 fully saturated rings. The summed E-state index contributed by atoms with van der Waals surface area (Å²) >= 11 is 0. The Bertz CT molecular complexity index is 633. The second-order valence-electron chi connectivity index (χ2n) is 4.64. The molecule has 10 nitrogen and oxygen atoms in total. The molecule has 1 aromatic carbocycles. The first-order valence-corrected chi connectivity index (χ1v) is 8.17. The van der Waals surface area contributed by atoms with E-state index in [4.69, 9.17) is 15.6 Å². The lowest BCUT2D eigenvalue weighted by Crippen LogP contribution is -2.31. The smallest absolute Gasteiger partial charge is 0.357 e. The van der Waals surface area contributed by atoms with Gasteiger partial charge >= 0.3 is 24.9 Å². The number of carbonyl (C=O) groups is 2. The van der Waals surface area contributed by atoms with Crippen LogP contribution in [0.3, 0.4) is 0 Å². The van der Waals surface area contributed by atoms with Crippen molar-refractivity contribution in [2.45, 2.75) is 12.5 Å². The summed E-state index contributed by atoms with van der Waals surface area (Å²) in [6.45, 7) is 0. The van der Waals surface area contributed by atoms with E-state index in [0.29, 0.717) is 0 Å². The first kappa shape index (κ1) is 18.9. The van der Waals surface area contributed by atoms with Crippen molar-refractivity contribution >= 4 is 24.9 Å². The first-order valence-electron chi connectivity index (χ1n) is 6.29. The van der Waals surface area contributed by atoms with E-state index in [-0.39, 0.29) is 17.7 Å². The van der Waals surface area contributed by atoms with Crippen LogP contribution >= 0.6 is 7.72 Å². The molecule has 23 heavy (non-hydrogen) atoms. The summed E-state index contributed by atoms with van der Waals surface area (Å²) in [5.41, 5.74) is 3.37. The summed E-state index contributed by atoms with van der Waals surface area (Å²) in [5.74, 6) is -1.42. The summed E-state index contributed by atoms with van der Waals surface area (Å²) in [6.07, 6.45) is -0.848. The molecule has 5 N–H and O–H groups in total. The molecule has 0 heterocycles. The van der Waals surface area contributed by atoms with Crippen LogP contribution in [0.2, 0.25) is 0 Å². The zero-order chi connectivity index (χ0) is 17.8. The molecule has 0 bridgehead atoms. The molecule has 0 unspecified atom stereocenters. The predicted octanol–water partition coefficient (Wildman–Crippen LogP) is 0.378. The van der Waals surface area contributed by atoms with Gasteiger partial charge in [0.05, 0.1) is 17.6 Å². The maximum Gasteiger partial charge on any atom is 0.357 e. The zero-order valence-electron chi connectivity index (χ0n) is 12.1. The maximum atomic E-state index is 12.1. The molecule has 0 amide bonds. The number of carboxylic acids is 1. The van der Waals surface area contributed by atoms with Crippen LogP contribution in [0.1, 0.15) is 16.8 Å². The van der Waals surface area contributed by atoms with E-state index in [0.717, 1.165) is 18.2 Å². The Morgan fingerprint density at radius 1 is 1.43 bits per heavy atom. The number of nitro groups is 1. The lowest BCUT2D eigenvalue weighted by molar-refractivity contribution is -0.385. The average Bonchev–Trinajstić information content (AvgIpc) is 2.50. The van der Waals surface area contributed by atoms with Crippen molar-refractivity contribution in [1.29, 1.82) is 0 Å². The Morgan fingerprint density at radius 3 is 2.52 bits per heavy atom. The van der Waals surface area contributed by atoms with E-state index in [1.54, 1.807) is 0 Å². The van der Waals surface area contributed by atoms with Gasteiger partial charge in [-0.05, 0) is 12.1 Å². The minimum absolute atomic E-state index is 0.0840. The summed E-state index contributed by atoms with van der Waals surface area (Å²) in [5, 5.41) is 19.6. The van der Waals surface area contributed by atoms with Crippen LogP contribution in [0.15, 0.2) is 18.2 Å². The number of carbonyl (C=O) groups excluding carboxylic acids is 1. The number of aliphatic carboxylic acids is 1. The van der Waals surface area contributed by atoms with Gasteiger partial charge in [-0.15, -0.1) is 0 Å². The average molecular weight is 347 g/mol. The van der Waals surface area contributed by atoms with Gasteiger partial charge in [0.15, 0.2) is 5.75 Å². The molecule has 0 aliphatic carbocycles. The molecule has 0 radical (unpaired) electrons. The zero-order valence-corrected chi connectivity index (χ0v) is 13.0. The third-order valence-electron chi connectivity index (χ3n) is 3.02. The van der Waals surface area contributed by atoms with E-state index >= 15 is 0 Å². The lowest BCUT2D eigenvalue weighted by atomic mass is 10.2. The molecular formula is C12H16N2O8P+. The van der Waals surface area contributed by atoms with Gasteiger partial charge in [-0.3, -0.25) is 14.9 Å². The van der Waals surface area contributed by atoms with Crippen molar-refractivity contribution in [3.8, 4) is 5.75 Å². The van der Waals surface area contributed by atoms with Crippen molar-refractivity contribution in [3.63, 3.8) is 0 Å². The van der Waals surface area contributed by atoms with Crippen molar-refractivity contribution in [3.05, 3.63) is 33.9 Å². The number of carboxylic acid groups (broad SMARTS) is 1. The van der Waals surface area contributed by atoms with Gasteiger partial charge in [0, 0.05) is 12.5 Å². The standard InChI is InChI=1S/C12H15N2O8P/c1-22-10-3-2-7(6-9(10)14(18)19)12(17)23(20,21)5-4-8(13)11(15)16/h2-3,6,8,20-21H,4-5,13H2,1H3/p+1/t8-/m0/s1. The number of nitro benzene ring substituents is 1. The number of rotatable bonds is 8. The van der Waals surface area contributed by atoms with E-state index in [1.165, 1.54) is 7.11 Å². The van der Waals surface area contributed by atoms with Crippen LogP contribution in [0.5, 0.6) is 5.75 Å². The normalized spacial score (nSPS) is 12.5. The Hall–Kier alpha value is -2.13. The van der Waals surface area contributed by atoms with Gasteiger partial charge in [-0.25, -0.2) is 14.6 Å². The lowest BCUT2D eigenvalue weighted by Gasteiger charge is -2.12. The highest BCUT2D eigenvalue weighted by Gasteiger charge is 2.45. The van der Waals surface area contributed by atoms with E-state index in [1.807, 2.05) is 0 Å². The quantitative estimate of drug-likeness (QED) is 0.294. The number of methoxy groups -OCH3 is 1. The fraction of sp³-hybridized carbons (Fsp3) is 0.333. The van der Waals surface area contributed by atoms with Crippen molar-refractivity contribution in [2.24, 2.45) is 5.73 Å². The van der Waals surface area contributed by atoms with Gasteiger partial charge < -0.3 is 15.6 Å². The molecule has 0 saturated heterocycles. The molecule has 0 aromatic heterocycles. The molecule has 126 valence electrons. The molecular weight excluding hydrogens is 331 g/mol. The molecule has 1 atom stereocenters. The molecule has 0 aliphatic rings. The molecule has 0 spiro atoms. The van der Waals surface area contributed by atoms with Gasteiger partial charge in [0.25, 0.3) is 0 Å². The Morgan fingerprint density at radius 2 is 2.04 bits per heavy atom. The van der Waals surface area contributed by atoms with E-state index < -0.39 is 42.0 Å². The minimum atomic E-state index is -4.17. The van der Waals surface area contributed by atoms with E-state index in [9.17, 15) is 29.5 Å². The van der Waals surface area contributed by atoms with Crippen LogP contribution in [0.4, 0.5) is 5.69 Å². The maximum absolute atomic E-state index is 12.1. The monoisotopic (exact) mass is 347 g/mol. The number of benzene rings is 1. The van der Waals surface area contributed by atoms with Gasteiger partial charge in [0.1, 0.15) is 12.2 Å². The Labute approximate surface area is 131 Å².